The van der Waals surface area contributed by atoms with Gasteiger partial charge < -0.3 is 19.9 Å². The molecule has 2 rings (SSSR count). The molecule has 0 radical (unpaired) electrons. The van der Waals surface area contributed by atoms with Gasteiger partial charge in [0.2, 0.25) is 6.10 Å². The van der Waals surface area contributed by atoms with Gasteiger partial charge in [-0.15, -0.1) is 0 Å². The molecule has 1 heterocycles. The lowest BCUT2D eigenvalue weighted by atomic mass is 10.1. The molecule has 0 bridgehead atoms. The Morgan fingerprint density at radius 3 is 2.75 bits per heavy atom. The van der Waals surface area contributed by atoms with E-state index in [1.807, 2.05) is 13.0 Å². The number of para-hydroxylation sites is 2. The van der Waals surface area contributed by atoms with Crippen LogP contribution in [0.1, 0.15) is 19.8 Å². The predicted octanol–water partition coefficient (Wildman–Crippen LogP) is 1.20. The van der Waals surface area contributed by atoms with E-state index in [1.54, 1.807) is 18.2 Å². The second-order valence-corrected chi connectivity index (χ2v) is 4.55. The molecule has 0 aliphatic carbocycles. The fraction of sp³-hybridized carbons (Fsp3) is 0.429. The highest BCUT2D eigenvalue weighted by Crippen LogP contribution is 2.30. The zero-order chi connectivity index (χ0) is 14.5. The van der Waals surface area contributed by atoms with Gasteiger partial charge in [0.15, 0.2) is 11.5 Å². The van der Waals surface area contributed by atoms with E-state index in [4.69, 9.17) is 14.6 Å². The zero-order valence-corrected chi connectivity index (χ0v) is 11.2. The number of benzene rings is 1. The number of hydrogen-bond donors (Lipinski definition) is 2. The maximum Gasteiger partial charge on any atom is 0.326 e. The van der Waals surface area contributed by atoms with Crippen molar-refractivity contribution in [3.05, 3.63) is 24.3 Å². The first kappa shape index (κ1) is 14.2. The Bertz CT molecular complexity index is 502. The second-order valence-electron chi connectivity index (χ2n) is 4.55. The first-order chi connectivity index (χ1) is 9.61. The number of rotatable bonds is 5. The Morgan fingerprint density at radius 1 is 1.40 bits per heavy atom. The predicted molar refractivity (Wildman–Crippen MR) is 70.8 cm³/mol. The van der Waals surface area contributed by atoms with Crippen LogP contribution in [0.25, 0.3) is 0 Å². The van der Waals surface area contributed by atoms with E-state index in [2.05, 4.69) is 5.32 Å². The lowest BCUT2D eigenvalue weighted by Crippen LogP contribution is -2.50. The van der Waals surface area contributed by atoms with Gasteiger partial charge >= 0.3 is 5.97 Å². The van der Waals surface area contributed by atoms with E-state index in [9.17, 15) is 9.59 Å². The molecule has 1 aliphatic rings. The zero-order valence-electron chi connectivity index (χ0n) is 11.2. The van der Waals surface area contributed by atoms with Crippen molar-refractivity contribution in [2.24, 2.45) is 0 Å². The van der Waals surface area contributed by atoms with Gasteiger partial charge in [-0.3, -0.25) is 4.79 Å². The van der Waals surface area contributed by atoms with Crippen LogP contribution >= 0.6 is 0 Å². The monoisotopic (exact) mass is 279 g/mol. The fourth-order valence-corrected chi connectivity index (χ4v) is 1.96. The Balaban J connectivity index is 1.99. The Hall–Kier alpha value is -2.24. The molecule has 1 aliphatic heterocycles. The number of hydrogen-bond acceptors (Lipinski definition) is 4. The molecule has 0 unspecified atom stereocenters. The van der Waals surface area contributed by atoms with Crippen molar-refractivity contribution in [1.82, 2.24) is 5.32 Å². The van der Waals surface area contributed by atoms with Crippen LogP contribution in [0.2, 0.25) is 0 Å². The molecule has 6 nitrogen and oxygen atoms in total. The van der Waals surface area contributed by atoms with Crippen molar-refractivity contribution in [2.45, 2.75) is 31.9 Å². The number of carboxylic acids is 1. The van der Waals surface area contributed by atoms with Gasteiger partial charge in [0, 0.05) is 0 Å². The summed E-state index contributed by atoms with van der Waals surface area (Å²) in [5, 5.41) is 11.5. The number of carbonyl (C=O) groups excluding carboxylic acids is 1. The molecule has 0 aromatic heterocycles. The van der Waals surface area contributed by atoms with Crippen molar-refractivity contribution in [3.8, 4) is 11.5 Å². The summed E-state index contributed by atoms with van der Waals surface area (Å²) in [5.41, 5.74) is 0. The van der Waals surface area contributed by atoms with E-state index >= 15 is 0 Å². The molecule has 20 heavy (non-hydrogen) atoms. The van der Waals surface area contributed by atoms with Gasteiger partial charge in [0.25, 0.3) is 5.91 Å². The van der Waals surface area contributed by atoms with Crippen LogP contribution in [0.3, 0.4) is 0 Å². The number of carbonyl (C=O) groups is 2. The van der Waals surface area contributed by atoms with Gasteiger partial charge in [0.1, 0.15) is 12.6 Å². The minimum Gasteiger partial charge on any atom is -0.485 e. The van der Waals surface area contributed by atoms with E-state index < -0.39 is 24.0 Å². The smallest absolute Gasteiger partial charge is 0.326 e. The average Bonchev–Trinajstić information content (AvgIpc) is 2.46. The lowest BCUT2D eigenvalue weighted by molar-refractivity contribution is -0.143. The van der Waals surface area contributed by atoms with Crippen molar-refractivity contribution < 1.29 is 24.2 Å². The number of ether oxygens (including phenoxy) is 2. The molecule has 1 aromatic rings. The van der Waals surface area contributed by atoms with Gasteiger partial charge in [0.05, 0.1) is 0 Å². The Labute approximate surface area is 116 Å². The van der Waals surface area contributed by atoms with Crippen LogP contribution in [-0.2, 0) is 9.59 Å². The summed E-state index contributed by atoms with van der Waals surface area (Å²) in [6.07, 6.45) is 0.219. The van der Waals surface area contributed by atoms with Gasteiger partial charge in [-0.25, -0.2) is 4.79 Å². The third-order valence-corrected chi connectivity index (χ3v) is 2.99. The van der Waals surface area contributed by atoms with Crippen LogP contribution in [0.5, 0.6) is 11.5 Å². The summed E-state index contributed by atoms with van der Waals surface area (Å²) in [6.45, 7) is 1.93. The number of fused-ring (bicyclic) bond motifs is 1. The molecule has 0 saturated heterocycles. The van der Waals surface area contributed by atoms with Crippen LogP contribution in [0, 0.1) is 0 Å². The van der Waals surface area contributed by atoms with Crippen molar-refractivity contribution in [3.63, 3.8) is 0 Å². The average molecular weight is 279 g/mol. The quantitative estimate of drug-likeness (QED) is 0.846. The van der Waals surface area contributed by atoms with Crippen LogP contribution < -0.4 is 14.8 Å². The highest BCUT2D eigenvalue weighted by molar-refractivity contribution is 5.86. The van der Waals surface area contributed by atoms with Gasteiger partial charge in [-0.1, -0.05) is 25.5 Å². The molecule has 0 spiro atoms. The highest BCUT2D eigenvalue weighted by Gasteiger charge is 2.30. The lowest BCUT2D eigenvalue weighted by Gasteiger charge is -2.26. The molecule has 1 amide bonds. The van der Waals surface area contributed by atoms with Gasteiger partial charge in [-0.05, 0) is 18.6 Å². The third kappa shape index (κ3) is 3.20. The summed E-state index contributed by atoms with van der Waals surface area (Å²) < 4.78 is 10.9. The van der Waals surface area contributed by atoms with Crippen LogP contribution in [0.4, 0.5) is 0 Å². The number of carboxylic acid groups (broad SMARTS) is 1. The molecule has 2 atom stereocenters. The second kappa shape index (κ2) is 6.27. The van der Waals surface area contributed by atoms with Crippen LogP contribution in [0.15, 0.2) is 24.3 Å². The first-order valence-electron chi connectivity index (χ1n) is 6.53. The summed E-state index contributed by atoms with van der Waals surface area (Å²) in [6, 6.07) is 6.15. The van der Waals surface area contributed by atoms with E-state index in [1.165, 1.54) is 0 Å². The largest absolute Gasteiger partial charge is 0.485 e. The molecule has 108 valence electrons. The summed E-state index contributed by atoms with van der Waals surface area (Å²) in [7, 11) is 0. The van der Waals surface area contributed by atoms with Crippen molar-refractivity contribution >= 4 is 11.9 Å². The standard InChI is InChI=1S/C14H17NO5/c1-2-5-9(14(17)18)15-13(16)12-8-19-10-6-3-4-7-11(10)20-12/h3-4,6-7,9,12H,2,5,8H2,1H3,(H,15,16)(H,17,18)/t9-,12-/m0/s1. The fourth-order valence-electron chi connectivity index (χ4n) is 1.96. The highest BCUT2D eigenvalue weighted by atomic mass is 16.6. The molecule has 2 N–H and O–H groups in total. The maximum atomic E-state index is 12.0. The normalized spacial score (nSPS) is 18.1. The van der Waals surface area contributed by atoms with Crippen LogP contribution in [-0.4, -0.2) is 35.7 Å². The minimum atomic E-state index is -1.04. The number of aliphatic carboxylic acids is 1. The molecular weight excluding hydrogens is 262 g/mol. The first-order valence-corrected chi connectivity index (χ1v) is 6.53. The molecule has 6 heteroatoms. The number of amides is 1. The number of nitrogens with one attached hydrogen (secondary N) is 1. The van der Waals surface area contributed by atoms with E-state index in [0.29, 0.717) is 24.3 Å². The SMILES string of the molecule is CCC[C@H](NC(=O)[C@@H]1COc2ccccc2O1)C(=O)O. The Kier molecular flexibility index (Phi) is 4.45. The molecule has 1 aromatic carbocycles. The minimum absolute atomic E-state index is 0.0707. The molecular formula is C14H17NO5. The maximum absolute atomic E-state index is 12.0. The summed E-state index contributed by atoms with van der Waals surface area (Å²) >= 11 is 0. The van der Waals surface area contributed by atoms with Crippen molar-refractivity contribution in [2.75, 3.05) is 6.61 Å². The van der Waals surface area contributed by atoms with E-state index in [-0.39, 0.29) is 6.61 Å². The Morgan fingerprint density at radius 2 is 2.10 bits per heavy atom. The summed E-state index contributed by atoms with van der Waals surface area (Å²) in [4.78, 5) is 23.0. The molecule has 0 saturated carbocycles. The molecule has 0 fully saturated rings. The van der Waals surface area contributed by atoms with E-state index in [0.717, 1.165) is 0 Å². The summed E-state index contributed by atoms with van der Waals surface area (Å²) in [5.74, 6) is -0.446. The topological polar surface area (TPSA) is 84.9 Å². The van der Waals surface area contributed by atoms with Crippen molar-refractivity contribution in [1.29, 1.82) is 0 Å². The third-order valence-electron chi connectivity index (χ3n) is 2.99. The van der Waals surface area contributed by atoms with Gasteiger partial charge in [-0.2, -0.15) is 0 Å².